The standard InChI is InChI=1S/C14H10Cl2N2OS/c1-19-9-3-4-11-13(7-9)18(14(20)17-11)12-5-2-8(15)6-10(12)16/h2-7H,1H3,(H,17,20). The second-order valence-electron chi connectivity index (χ2n) is 4.24. The number of halogens is 2. The first-order valence-corrected chi connectivity index (χ1v) is 7.01. The van der Waals surface area contributed by atoms with Crippen LogP contribution in [0, 0.1) is 4.77 Å². The van der Waals surface area contributed by atoms with Gasteiger partial charge in [0.2, 0.25) is 0 Å². The number of ether oxygens (including phenoxy) is 1. The maximum absolute atomic E-state index is 6.27. The molecule has 2 aromatic carbocycles. The normalized spacial score (nSPS) is 10.9. The fourth-order valence-corrected chi connectivity index (χ4v) is 2.91. The highest BCUT2D eigenvalue weighted by molar-refractivity contribution is 7.71. The van der Waals surface area contributed by atoms with Gasteiger partial charge in [-0.3, -0.25) is 4.57 Å². The van der Waals surface area contributed by atoms with Crippen molar-refractivity contribution in [3.05, 3.63) is 51.2 Å². The first kappa shape index (κ1) is 13.5. The van der Waals surface area contributed by atoms with Gasteiger partial charge in [-0.1, -0.05) is 23.2 Å². The number of H-pyrrole nitrogens is 1. The number of benzene rings is 2. The first-order chi connectivity index (χ1) is 9.60. The highest BCUT2D eigenvalue weighted by Gasteiger charge is 2.11. The zero-order valence-electron chi connectivity index (χ0n) is 10.5. The molecule has 0 radical (unpaired) electrons. The third kappa shape index (κ3) is 2.20. The van der Waals surface area contributed by atoms with Crippen molar-refractivity contribution in [1.82, 2.24) is 9.55 Å². The number of hydrogen-bond donors (Lipinski definition) is 1. The van der Waals surface area contributed by atoms with E-state index in [-0.39, 0.29) is 0 Å². The van der Waals surface area contributed by atoms with Crippen molar-refractivity contribution in [2.75, 3.05) is 7.11 Å². The van der Waals surface area contributed by atoms with Crippen LogP contribution in [0.2, 0.25) is 10.0 Å². The minimum absolute atomic E-state index is 0.539. The summed E-state index contributed by atoms with van der Waals surface area (Å²) in [5.41, 5.74) is 2.60. The summed E-state index contributed by atoms with van der Waals surface area (Å²) < 4.78 is 7.69. The quantitative estimate of drug-likeness (QED) is 0.672. The van der Waals surface area contributed by atoms with Crippen molar-refractivity contribution < 1.29 is 4.74 Å². The van der Waals surface area contributed by atoms with Crippen LogP contribution in [0.15, 0.2) is 36.4 Å². The van der Waals surface area contributed by atoms with E-state index >= 15 is 0 Å². The van der Waals surface area contributed by atoms with Crippen LogP contribution in [0.25, 0.3) is 16.7 Å². The number of fused-ring (bicyclic) bond motifs is 1. The number of aromatic nitrogens is 2. The Balaban J connectivity index is 2.34. The Labute approximate surface area is 130 Å². The Morgan fingerprint density at radius 3 is 2.65 bits per heavy atom. The third-order valence-corrected chi connectivity index (χ3v) is 3.86. The smallest absolute Gasteiger partial charge is 0.182 e. The fraction of sp³-hybridized carbons (Fsp3) is 0.0714. The molecule has 0 aliphatic carbocycles. The van der Waals surface area contributed by atoms with E-state index < -0.39 is 0 Å². The molecule has 1 heterocycles. The molecule has 0 fully saturated rings. The van der Waals surface area contributed by atoms with Crippen molar-refractivity contribution in [3.63, 3.8) is 0 Å². The van der Waals surface area contributed by atoms with Crippen molar-refractivity contribution in [1.29, 1.82) is 0 Å². The summed E-state index contributed by atoms with van der Waals surface area (Å²) in [6, 6.07) is 11.0. The van der Waals surface area contributed by atoms with Crippen LogP contribution in [0.5, 0.6) is 5.75 Å². The second kappa shape index (κ2) is 5.13. The lowest BCUT2D eigenvalue weighted by Crippen LogP contribution is -1.95. The molecule has 0 aliphatic heterocycles. The maximum atomic E-state index is 6.27. The Hall–Kier alpha value is -1.49. The molecule has 0 amide bonds. The van der Waals surface area contributed by atoms with Gasteiger partial charge >= 0.3 is 0 Å². The van der Waals surface area contributed by atoms with Gasteiger partial charge in [0, 0.05) is 11.1 Å². The Bertz CT molecular complexity index is 854. The lowest BCUT2D eigenvalue weighted by molar-refractivity contribution is 0.415. The van der Waals surface area contributed by atoms with Gasteiger partial charge in [-0.25, -0.2) is 0 Å². The van der Waals surface area contributed by atoms with Crippen LogP contribution in [-0.4, -0.2) is 16.7 Å². The molecule has 1 aromatic heterocycles. The molecule has 102 valence electrons. The first-order valence-electron chi connectivity index (χ1n) is 5.84. The number of hydrogen-bond acceptors (Lipinski definition) is 2. The molecule has 3 rings (SSSR count). The van der Waals surface area contributed by atoms with Gasteiger partial charge in [0.1, 0.15) is 5.75 Å². The van der Waals surface area contributed by atoms with E-state index in [1.807, 2.05) is 28.8 Å². The summed E-state index contributed by atoms with van der Waals surface area (Å²) in [5.74, 6) is 0.755. The molecule has 0 saturated heterocycles. The fourth-order valence-electron chi connectivity index (χ4n) is 2.11. The zero-order valence-corrected chi connectivity index (χ0v) is 12.8. The average molecular weight is 325 g/mol. The van der Waals surface area contributed by atoms with E-state index in [0.29, 0.717) is 14.8 Å². The summed E-state index contributed by atoms with van der Waals surface area (Å²) in [6.45, 7) is 0. The average Bonchev–Trinajstić information content (AvgIpc) is 2.74. The van der Waals surface area contributed by atoms with Crippen LogP contribution < -0.4 is 4.74 Å². The van der Waals surface area contributed by atoms with Crippen LogP contribution in [0.3, 0.4) is 0 Å². The lowest BCUT2D eigenvalue weighted by Gasteiger charge is -2.08. The van der Waals surface area contributed by atoms with Crippen LogP contribution in [0.4, 0.5) is 0 Å². The maximum Gasteiger partial charge on any atom is 0.182 e. The molecule has 0 bridgehead atoms. The number of aromatic amines is 1. The number of imidazole rings is 1. The minimum Gasteiger partial charge on any atom is -0.497 e. The topological polar surface area (TPSA) is 29.9 Å². The minimum atomic E-state index is 0.539. The molecule has 6 heteroatoms. The zero-order chi connectivity index (χ0) is 14.3. The number of nitrogens with one attached hydrogen (secondary N) is 1. The van der Waals surface area contributed by atoms with E-state index in [9.17, 15) is 0 Å². The predicted molar refractivity (Wildman–Crippen MR) is 85.0 cm³/mol. The Morgan fingerprint density at radius 1 is 1.15 bits per heavy atom. The molecule has 3 nitrogen and oxygen atoms in total. The number of rotatable bonds is 2. The predicted octanol–water partition coefficient (Wildman–Crippen LogP) is 5.00. The molecule has 20 heavy (non-hydrogen) atoms. The SMILES string of the molecule is COc1ccc2[nH]c(=S)n(-c3ccc(Cl)cc3Cl)c2c1. The molecule has 0 unspecified atom stereocenters. The van der Waals surface area contributed by atoms with E-state index in [2.05, 4.69) is 4.98 Å². The molecule has 0 spiro atoms. The van der Waals surface area contributed by atoms with Gasteiger partial charge in [-0.2, -0.15) is 0 Å². The summed E-state index contributed by atoms with van der Waals surface area (Å²) in [5, 5.41) is 1.13. The van der Waals surface area contributed by atoms with Gasteiger partial charge in [0.15, 0.2) is 4.77 Å². The monoisotopic (exact) mass is 324 g/mol. The van der Waals surface area contributed by atoms with Gasteiger partial charge in [0.25, 0.3) is 0 Å². The van der Waals surface area contributed by atoms with Crippen molar-refractivity contribution in [2.45, 2.75) is 0 Å². The molecule has 3 aromatic rings. The number of nitrogens with zero attached hydrogens (tertiary/aromatic N) is 1. The van der Waals surface area contributed by atoms with Gasteiger partial charge in [0.05, 0.1) is 28.9 Å². The Kier molecular flexibility index (Phi) is 3.46. The van der Waals surface area contributed by atoms with Crippen LogP contribution >= 0.6 is 35.4 Å². The van der Waals surface area contributed by atoms with E-state index in [1.54, 1.807) is 19.2 Å². The van der Waals surface area contributed by atoms with Crippen molar-refractivity contribution in [3.8, 4) is 11.4 Å². The third-order valence-electron chi connectivity index (χ3n) is 3.04. The molecular formula is C14H10Cl2N2OS. The molecule has 1 N–H and O–H groups in total. The molecule has 0 atom stereocenters. The van der Waals surface area contributed by atoms with Crippen molar-refractivity contribution >= 4 is 46.5 Å². The molecule has 0 saturated carbocycles. The van der Waals surface area contributed by atoms with Gasteiger partial charge in [-0.05, 0) is 42.5 Å². The second-order valence-corrected chi connectivity index (χ2v) is 5.47. The molecule has 0 aliphatic rings. The lowest BCUT2D eigenvalue weighted by atomic mass is 10.2. The number of methoxy groups -OCH3 is 1. The van der Waals surface area contributed by atoms with Crippen molar-refractivity contribution in [2.24, 2.45) is 0 Å². The summed E-state index contributed by atoms with van der Waals surface area (Å²) in [4.78, 5) is 3.15. The summed E-state index contributed by atoms with van der Waals surface area (Å²) in [7, 11) is 1.63. The largest absolute Gasteiger partial charge is 0.497 e. The molecular weight excluding hydrogens is 315 g/mol. The van der Waals surface area contributed by atoms with Gasteiger partial charge < -0.3 is 9.72 Å². The van der Waals surface area contributed by atoms with Crippen LogP contribution in [0.1, 0.15) is 0 Å². The van der Waals surface area contributed by atoms with Crippen LogP contribution in [-0.2, 0) is 0 Å². The Morgan fingerprint density at radius 2 is 1.95 bits per heavy atom. The van der Waals surface area contributed by atoms with Gasteiger partial charge in [-0.15, -0.1) is 0 Å². The highest BCUT2D eigenvalue weighted by Crippen LogP contribution is 2.29. The van der Waals surface area contributed by atoms with E-state index in [0.717, 1.165) is 22.5 Å². The summed E-state index contributed by atoms with van der Waals surface area (Å²) in [6.07, 6.45) is 0. The van der Waals surface area contributed by atoms with E-state index in [1.165, 1.54) is 0 Å². The van der Waals surface area contributed by atoms with E-state index in [4.69, 9.17) is 40.2 Å². The highest BCUT2D eigenvalue weighted by atomic mass is 35.5. The summed E-state index contributed by atoms with van der Waals surface area (Å²) >= 11 is 17.6.